The lowest BCUT2D eigenvalue weighted by Gasteiger charge is -2.30. The Morgan fingerprint density at radius 3 is 2.85 bits per heavy atom. The van der Waals surface area contributed by atoms with E-state index in [0.717, 1.165) is 38.0 Å². The van der Waals surface area contributed by atoms with Gasteiger partial charge in [-0.05, 0) is 38.3 Å². The Balaban J connectivity index is 1.70. The molecule has 0 aliphatic carbocycles. The Kier molecular flexibility index (Phi) is 3.89. The number of nitrogens with zero attached hydrogens (tertiary/aromatic N) is 4. The summed E-state index contributed by atoms with van der Waals surface area (Å²) in [6, 6.07) is 10.5. The molecule has 0 unspecified atom stereocenters. The maximum atomic E-state index is 8.73. The van der Waals surface area contributed by atoms with Crippen molar-refractivity contribution in [2.24, 2.45) is 5.92 Å². The van der Waals surface area contributed by atoms with Gasteiger partial charge in [-0.25, -0.2) is 0 Å². The summed E-state index contributed by atoms with van der Waals surface area (Å²) in [5.74, 6) is 0.657. The molecule has 2 heterocycles. The van der Waals surface area contributed by atoms with Gasteiger partial charge in [0, 0.05) is 10.8 Å². The van der Waals surface area contributed by atoms with Crippen LogP contribution >= 0.6 is 0 Å². The number of piperidine rings is 1. The second-order valence-electron chi connectivity index (χ2n) is 5.46. The highest BCUT2D eigenvalue weighted by molar-refractivity contribution is 5.83. The highest BCUT2D eigenvalue weighted by atomic mass is 15.1. The van der Waals surface area contributed by atoms with E-state index in [9.17, 15) is 0 Å². The maximum absolute atomic E-state index is 8.73. The third kappa shape index (κ3) is 2.78. The van der Waals surface area contributed by atoms with Crippen LogP contribution in [0.4, 0.5) is 0 Å². The average Bonchev–Trinajstić information content (AvgIpc) is 2.50. The molecule has 4 heteroatoms. The highest BCUT2D eigenvalue weighted by Gasteiger charge is 2.20. The third-order valence-electron chi connectivity index (χ3n) is 4.13. The van der Waals surface area contributed by atoms with E-state index in [1.54, 1.807) is 0 Å². The molecule has 2 aromatic rings. The first-order chi connectivity index (χ1) is 9.86. The Bertz CT molecular complexity index is 618. The number of nitriles is 1. The molecule has 1 aromatic carbocycles. The van der Waals surface area contributed by atoms with Crippen molar-refractivity contribution in [2.75, 3.05) is 19.6 Å². The molecular weight excluding hydrogens is 248 g/mol. The van der Waals surface area contributed by atoms with Gasteiger partial charge >= 0.3 is 0 Å². The summed E-state index contributed by atoms with van der Waals surface area (Å²) >= 11 is 0. The molecule has 1 fully saturated rings. The molecular formula is C16H18N4. The number of aromatic nitrogens is 2. The number of hydrogen-bond acceptors (Lipinski definition) is 4. The van der Waals surface area contributed by atoms with Gasteiger partial charge in [0.15, 0.2) is 0 Å². The van der Waals surface area contributed by atoms with Gasteiger partial charge in [0.25, 0.3) is 0 Å². The monoisotopic (exact) mass is 266 g/mol. The van der Waals surface area contributed by atoms with E-state index >= 15 is 0 Å². The largest absolute Gasteiger partial charge is 0.291 e. The van der Waals surface area contributed by atoms with E-state index < -0.39 is 0 Å². The van der Waals surface area contributed by atoms with Gasteiger partial charge in [0.2, 0.25) is 0 Å². The van der Waals surface area contributed by atoms with Crippen molar-refractivity contribution in [3.63, 3.8) is 0 Å². The van der Waals surface area contributed by atoms with Crippen LogP contribution in [-0.4, -0.2) is 34.7 Å². The number of benzene rings is 1. The molecule has 0 saturated carbocycles. The Morgan fingerprint density at radius 1 is 1.25 bits per heavy atom. The summed E-state index contributed by atoms with van der Waals surface area (Å²) in [6.45, 7) is 2.60. The average molecular weight is 266 g/mol. The van der Waals surface area contributed by atoms with E-state index in [2.05, 4.69) is 39.4 Å². The van der Waals surface area contributed by atoms with E-state index in [4.69, 9.17) is 5.26 Å². The smallest absolute Gasteiger partial charge is 0.0865 e. The molecule has 0 N–H and O–H groups in total. The normalized spacial score (nSPS) is 17.1. The number of fused-ring (bicyclic) bond motifs is 1. The minimum Gasteiger partial charge on any atom is -0.291 e. The van der Waals surface area contributed by atoms with Crippen LogP contribution in [0.15, 0.2) is 30.5 Å². The van der Waals surface area contributed by atoms with E-state index in [1.807, 2.05) is 12.3 Å². The lowest BCUT2D eigenvalue weighted by atomic mass is 9.91. The van der Waals surface area contributed by atoms with Crippen LogP contribution in [0.25, 0.3) is 10.8 Å². The number of rotatable bonds is 3. The summed E-state index contributed by atoms with van der Waals surface area (Å²) < 4.78 is 0. The second kappa shape index (κ2) is 5.98. The molecule has 0 atom stereocenters. The van der Waals surface area contributed by atoms with E-state index in [-0.39, 0.29) is 0 Å². The van der Waals surface area contributed by atoms with Gasteiger partial charge in [0.1, 0.15) is 0 Å². The maximum Gasteiger partial charge on any atom is 0.0865 e. The minimum atomic E-state index is 0.556. The topological polar surface area (TPSA) is 52.8 Å². The predicted octanol–water partition coefficient (Wildman–Crippen LogP) is 2.41. The predicted molar refractivity (Wildman–Crippen MR) is 78.0 cm³/mol. The van der Waals surface area contributed by atoms with Gasteiger partial charge in [0.05, 0.1) is 24.5 Å². The molecule has 0 radical (unpaired) electrons. The van der Waals surface area contributed by atoms with Crippen molar-refractivity contribution in [3.8, 4) is 6.07 Å². The zero-order valence-corrected chi connectivity index (χ0v) is 11.5. The van der Waals surface area contributed by atoms with Crippen LogP contribution in [0.3, 0.4) is 0 Å². The molecule has 1 aliphatic rings. The first kappa shape index (κ1) is 13.0. The fourth-order valence-corrected chi connectivity index (χ4v) is 2.96. The molecule has 20 heavy (non-hydrogen) atoms. The molecule has 3 rings (SSSR count). The lowest BCUT2D eigenvalue weighted by Crippen LogP contribution is -2.34. The Labute approximate surface area is 119 Å². The Morgan fingerprint density at radius 2 is 2.05 bits per heavy atom. The van der Waals surface area contributed by atoms with Crippen LogP contribution in [-0.2, 0) is 6.42 Å². The van der Waals surface area contributed by atoms with Crippen molar-refractivity contribution < 1.29 is 0 Å². The fraction of sp³-hybridized carbons (Fsp3) is 0.438. The van der Waals surface area contributed by atoms with Crippen LogP contribution in [0.5, 0.6) is 0 Å². The zero-order valence-electron chi connectivity index (χ0n) is 11.5. The highest BCUT2D eigenvalue weighted by Crippen LogP contribution is 2.24. The molecule has 1 aromatic heterocycles. The van der Waals surface area contributed by atoms with Crippen LogP contribution in [0.2, 0.25) is 0 Å². The lowest BCUT2D eigenvalue weighted by molar-refractivity contribution is 0.202. The number of likely N-dealkylation sites (tertiary alicyclic amines) is 1. The zero-order chi connectivity index (χ0) is 13.8. The minimum absolute atomic E-state index is 0.556. The summed E-state index contributed by atoms with van der Waals surface area (Å²) in [6.07, 6.45) is 5.11. The van der Waals surface area contributed by atoms with Crippen LogP contribution < -0.4 is 0 Å². The van der Waals surface area contributed by atoms with Crippen molar-refractivity contribution in [1.29, 1.82) is 5.26 Å². The van der Waals surface area contributed by atoms with Crippen molar-refractivity contribution in [1.82, 2.24) is 15.1 Å². The van der Waals surface area contributed by atoms with Crippen LogP contribution in [0.1, 0.15) is 18.5 Å². The van der Waals surface area contributed by atoms with Gasteiger partial charge < -0.3 is 0 Å². The van der Waals surface area contributed by atoms with Gasteiger partial charge in [-0.15, -0.1) is 0 Å². The summed E-state index contributed by atoms with van der Waals surface area (Å²) in [5.41, 5.74) is 1.11. The van der Waals surface area contributed by atoms with Crippen molar-refractivity contribution >= 4 is 10.8 Å². The van der Waals surface area contributed by atoms with Crippen LogP contribution in [0, 0.1) is 17.2 Å². The molecule has 0 amide bonds. The molecule has 102 valence electrons. The van der Waals surface area contributed by atoms with Crippen molar-refractivity contribution in [2.45, 2.75) is 19.3 Å². The second-order valence-corrected chi connectivity index (χ2v) is 5.46. The standard InChI is InChI=1S/C16H18N4/c17-7-10-20-8-5-13(6-9-20)11-16-15-4-2-1-3-14(15)12-18-19-16/h1-4,12-13H,5-6,8-11H2. The quantitative estimate of drug-likeness (QED) is 0.801. The summed E-state index contributed by atoms with van der Waals surface area (Å²) in [4.78, 5) is 2.23. The first-order valence-corrected chi connectivity index (χ1v) is 7.15. The molecule has 4 nitrogen and oxygen atoms in total. The van der Waals surface area contributed by atoms with E-state index in [1.165, 1.54) is 10.8 Å². The van der Waals surface area contributed by atoms with Gasteiger partial charge in [-0.2, -0.15) is 15.5 Å². The third-order valence-corrected chi connectivity index (χ3v) is 4.13. The molecule has 1 aliphatic heterocycles. The first-order valence-electron chi connectivity index (χ1n) is 7.15. The summed E-state index contributed by atoms with van der Waals surface area (Å²) in [5, 5.41) is 19.6. The molecule has 0 spiro atoms. The molecule has 0 bridgehead atoms. The fourth-order valence-electron chi connectivity index (χ4n) is 2.96. The number of hydrogen-bond donors (Lipinski definition) is 0. The SMILES string of the molecule is N#CCN1CCC(Cc2nncc3ccccc23)CC1. The van der Waals surface area contributed by atoms with Gasteiger partial charge in [-0.1, -0.05) is 24.3 Å². The van der Waals surface area contributed by atoms with E-state index in [0.29, 0.717) is 12.5 Å². The summed E-state index contributed by atoms with van der Waals surface area (Å²) in [7, 11) is 0. The Hall–Kier alpha value is -1.99. The van der Waals surface area contributed by atoms with Crippen molar-refractivity contribution in [3.05, 3.63) is 36.2 Å². The molecule has 1 saturated heterocycles. The van der Waals surface area contributed by atoms with Gasteiger partial charge in [-0.3, -0.25) is 4.90 Å².